The molecule has 2 amide bonds. The van der Waals surface area contributed by atoms with Gasteiger partial charge in [0.1, 0.15) is 0 Å². The highest BCUT2D eigenvalue weighted by atomic mass is 35.5. The lowest BCUT2D eigenvalue weighted by Gasteiger charge is -2.31. The molecule has 1 N–H and O–H groups in total. The molecule has 0 atom stereocenters. The van der Waals surface area contributed by atoms with Crippen LogP contribution in [0.1, 0.15) is 34.5 Å². The second kappa shape index (κ2) is 8.15. The fourth-order valence-corrected chi connectivity index (χ4v) is 3.82. The van der Waals surface area contributed by atoms with E-state index in [9.17, 15) is 9.59 Å². The topological polar surface area (TPSA) is 65.8 Å². The van der Waals surface area contributed by atoms with Crippen molar-refractivity contribution in [2.45, 2.75) is 31.8 Å². The van der Waals surface area contributed by atoms with E-state index < -0.39 is 0 Å². The lowest BCUT2D eigenvalue weighted by atomic mass is 10.0. The number of halogens is 1. The average molecular weight is 390 g/mol. The summed E-state index contributed by atoms with van der Waals surface area (Å²) in [5.74, 6) is 0.324. The van der Waals surface area contributed by atoms with E-state index in [-0.39, 0.29) is 24.2 Å². The molecule has 0 spiro atoms. The maximum absolute atomic E-state index is 12.9. The number of benzene rings is 1. The zero-order valence-electron chi connectivity index (χ0n) is 15.3. The molecule has 7 heteroatoms. The quantitative estimate of drug-likeness (QED) is 0.872. The van der Waals surface area contributed by atoms with Crippen LogP contribution in [0.2, 0.25) is 0 Å². The number of fused-ring (bicyclic) bond motifs is 1. The molecule has 1 aromatic carbocycles. The minimum Gasteiger partial charge on any atom is -0.459 e. The average Bonchev–Trinajstić information content (AvgIpc) is 3.26. The van der Waals surface area contributed by atoms with Crippen molar-refractivity contribution < 1.29 is 14.0 Å². The number of anilines is 1. The molecular weight excluding hydrogens is 366 g/mol. The first-order valence-electron chi connectivity index (χ1n) is 9.08. The number of carbonyl (C=O) groups excluding carboxylic acids is 2. The molecule has 0 radical (unpaired) electrons. The molecule has 144 valence electrons. The van der Waals surface area contributed by atoms with Gasteiger partial charge in [0.05, 0.1) is 19.2 Å². The van der Waals surface area contributed by atoms with E-state index in [4.69, 9.17) is 4.42 Å². The zero-order chi connectivity index (χ0) is 18.1. The second-order valence-corrected chi connectivity index (χ2v) is 6.92. The molecule has 4 rings (SSSR count). The summed E-state index contributed by atoms with van der Waals surface area (Å²) in [6.45, 7) is 1.80. The molecule has 6 nitrogen and oxygen atoms in total. The summed E-state index contributed by atoms with van der Waals surface area (Å²) < 4.78 is 5.52. The highest BCUT2D eigenvalue weighted by Crippen LogP contribution is 2.31. The largest absolute Gasteiger partial charge is 0.459 e. The molecule has 2 aromatic rings. The number of amides is 2. The van der Waals surface area contributed by atoms with Crippen LogP contribution in [0.3, 0.4) is 0 Å². The number of likely N-dealkylation sites (tertiary alicyclic amines) is 1. The number of para-hydroxylation sites is 1. The molecule has 2 aliphatic heterocycles. The number of hydrogen-bond donors (Lipinski definition) is 1. The number of rotatable bonds is 4. The third kappa shape index (κ3) is 3.73. The van der Waals surface area contributed by atoms with Crippen LogP contribution in [0.5, 0.6) is 0 Å². The minimum atomic E-state index is -0.0838. The second-order valence-electron chi connectivity index (χ2n) is 6.92. The first-order chi connectivity index (χ1) is 12.7. The van der Waals surface area contributed by atoms with Gasteiger partial charge in [-0.05, 0) is 37.6 Å². The van der Waals surface area contributed by atoms with Gasteiger partial charge in [-0.3, -0.25) is 9.59 Å². The number of piperidine rings is 1. The Kier molecular flexibility index (Phi) is 5.87. The third-order valence-electron chi connectivity index (χ3n) is 5.39. The van der Waals surface area contributed by atoms with Crippen molar-refractivity contribution >= 4 is 29.9 Å². The Morgan fingerprint density at radius 2 is 1.96 bits per heavy atom. The van der Waals surface area contributed by atoms with Crippen LogP contribution < -0.4 is 10.2 Å². The number of carbonyl (C=O) groups is 2. The van der Waals surface area contributed by atoms with E-state index in [1.54, 1.807) is 11.0 Å². The SMILES string of the molecule is CNC1CCN(C(=O)c2occc2CN2C(=O)Cc3ccccc32)CC1.Cl. The molecule has 0 aliphatic carbocycles. The summed E-state index contributed by atoms with van der Waals surface area (Å²) in [5, 5.41) is 3.27. The summed E-state index contributed by atoms with van der Waals surface area (Å²) in [6.07, 6.45) is 3.83. The number of furan rings is 1. The third-order valence-corrected chi connectivity index (χ3v) is 5.39. The summed E-state index contributed by atoms with van der Waals surface area (Å²) in [4.78, 5) is 28.9. The Balaban J connectivity index is 0.00000210. The van der Waals surface area contributed by atoms with Gasteiger partial charge in [0, 0.05) is 30.4 Å². The van der Waals surface area contributed by atoms with Crippen molar-refractivity contribution in [2.24, 2.45) is 0 Å². The lowest BCUT2D eigenvalue weighted by Crippen LogP contribution is -2.44. The van der Waals surface area contributed by atoms with Gasteiger partial charge in [-0.25, -0.2) is 0 Å². The van der Waals surface area contributed by atoms with Crippen LogP contribution in [0.4, 0.5) is 5.69 Å². The summed E-state index contributed by atoms with van der Waals surface area (Å²) >= 11 is 0. The molecule has 1 saturated heterocycles. The van der Waals surface area contributed by atoms with Crippen LogP contribution in [0.25, 0.3) is 0 Å². The van der Waals surface area contributed by atoms with E-state index in [2.05, 4.69) is 5.32 Å². The summed E-state index contributed by atoms with van der Waals surface area (Å²) in [7, 11) is 1.96. The highest BCUT2D eigenvalue weighted by molar-refractivity contribution is 6.01. The van der Waals surface area contributed by atoms with Gasteiger partial charge in [0.2, 0.25) is 5.91 Å². The molecular formula is C20H24ClN3O3. The molecule has 0 saturated carbocycles. The Hall–Kier alpha value is -2.31. The van der Waals surface area contributed by atoms with Crippen molar-refractivity contribution in [1.82, 2.24) is 10.2 Å². The molecule has 2 aliphatic rings. The van der Waals surface area contributed by atoms with E-state index in [1.807, 2.05) is 36.2 Å². The van der Waals surface area contributed by atoms with E-state index >= 15 is 0 Å². The van der Waals surface area contributed by atoms with Crippen LogP contribution in [-0.2, 0) is 17.8 Å². The number of hydrogen-bond acceptors (Lipinski definition) is 4. The molecule has 1 fully saturated rings. The maximum atomic E-state index is 12.9. The van der Waals surface area contributed by atoms with Crippen LogP contribution in [0, 0.1) is 0 Å². The summed E-state index contributed by atoms with van der Waals surface area (Å²) in [5.41, 5.74) is 2.71. The van der Waals surface area contributed by atoms with Crippen LogP contribution in [-0.4, -0.2) is 42.9 Å². The summed E-state index contributed by atoms with van der Waals surface area (Å²) in [6, 6.07) is 10.1. The monoisotopic (exact) mass is 389 g/mol. The first kappa shape index (κ1) is 19.5. The van der Waals surface area contributed by atoms with Crippen LogP contribution in [0.15, 0.2) is 41.0 Å². The van der Waals surface area contributed by atoms with Gasteiger partial charge in [-0.2, -0.15) is 0 Å². The first-order valence-corrected chi connectivity index (χ1v) is 9.08. The van der Waals surface area contributed by atoms with Gasteiger partial charge < -0.3 is 19.5 Å². The fourth-order valence-electron chi connectivity index (χ4n) is 3.82. The van der Waals surface area contributed by atoms with Crippen molar-refractivity contribution in [2.75, 3.05) is 25.0 Å². The maximum Gasteiger partial charge on any atom is 0.289 e. The smallest absolute Gasteiger partial charge is 0.289 e. The van der Waals surface area contributed by atoms with Crippen molar-refractivity contribution in [3.63, 3.8) is 0 Å². The van der Waals surface area contributed by atoms with Gasteiger partial charge in [-0.1, -0.05) is 18.2 Å². The Morgan fingerprint density at radius 1 is 1.22 bits per heavy atom. The fraction of sp³-hybridized carbons (Fsp3) is 0.400. The zero-order valence-corrected chi connectivity index (χ0v) is 16.1. The number of nitrogens with one attached hydrogen (secondary N) is 1. The molecule has 3 heterocycles. The Labute approximate surface area is 164 Å². The lowest BCUT2D eigenvalue weighted by molar-refractivity contribution is -0.117. The minimum absolute atomic E-state index is 0. The predicted molar refractivity (Wildman–Crippen MR) is 105 cm³/mol. The van der Waals surface area contributed by atoms with Crippen molar-refractivity contribution in [3.8, 4) is 0 Å². The highest BCUT2D eigenvalue weighted by Gasteiger charge is 2.31. The predicted octanol–water partition coefficient (Wildman–Crippen LogP) is 2.61. The molecule has 1 aromatic heterocycles. The van der Waals surface area contributed by atoms with Gasteiger partial charge in [0.25, 0.3) is 5.91 Å². The van der Waals surface area contributed by atoms with Crippen LogP contribution >= 0.6 is 12.4 Å². The Bertz CT molecular complexity index is 827. The van der Waals surface area contributed by atoms with E-state index in [1.165, 1.54) is 6.26 Å². The Morgan fingerprint density at radius 3 is 2.70 bits per heavy atom. The number of nitrogens with zero attached hydrogens (tertiary/aromatic N) is 2. The molecule has 0 unspecified atom stereocenters. The van der Waals surface area contributed by atoms with Crippen molar-refractivity contribution in [3.05, 3.63) is 53.5 Å². The molecule has 0 bridgehead atoms. The van der Waals surface area contributed by atoms with E-state index in [0.717, 1.165) is 42.7 Å². The molecule has 27 heavy (non-hydrogen) atoms. The van der Waals surface area contributed by atoms with Gasteiger partial charge in [-0.15, -0.1) is 12.4 Å². The van der Waals surface area contributed by atoms with Gasteiger partial charge in [0.15, 0.2) is 5.76 Å². The van der Waals surface area contributed by atoms with Gasteiger partial charge >= 0.3 is 0 Å². The van der Waals surface area contributed by atoms with E-state index in [0.29, 0.717) is 24.8 Å². The standard InChI is InChI=1S/C20H23N3O3.ClH/c1-21-16-6-9-22(10-7-16)20(25)19-15(8-11-26-19)13-23-17-5-3-2-4-14(17)12-18(23)24;/h2-5,8,11,16,21H,6-7,9-10,12-13H2,1H3;1H. The normalized spacial score (nSPS) is 17.0. The van der Waals surface area contributed by atoms with Crippen molar-refractivity contribution in [1.29, 1.82) is 0 Å².